The van der Waals surface area contributed by atoms with Crippen LogP contribution in [0.4, 0.5) is 0 Å². The Labute approximate surface area is 229 Å². The Morgan fingerprint density at radius 1 is 1.00 bits per heavy atom. The van der Waals surface area contributed by atoms with Gasteiger partial charge in [0.1, 0.15) is 18.3 Å². The number of hydrogen-bond donors (Lipinski definition) is 2. The topological polar surface area (TPSA) is 115 Å². The summed E-state index contributed by atoms with van der Waals surface area (Å²) in [6.07, 6.45) is -0.864. The van der Waals surface area contributed by atoms with Crippen LogP contribution in [0.1, 0.15) is 40.0 Å². The molecule has 0 aromatic rings. The summed E-state index contributed by atoms with van der Waals surface area (Å²) in [5.41, 5.74) is 0. The van der Waals surface area contributed by atoms with Crippen molar-refractivity contribution in [2.45, 2.75) is 64.4 Å². The molecule has 2 rings (SSSR count). The van der Waals surface area contributed by atoms with Gasteiger partial charge in [-0.25, -0.2) is 0 Å². The fraction of sp³-hybridized carbons (Fsp3) is 0.926. The number of aliphatic hydroxyl groups is 2. The van der Waals surface area contributed by atoms with Gasteiger partial charge in [-0.2, -0.15) is 0 Å². The molecular weight excluding hydrogens is 492 g/mol. The SMILES string of the molecule is COCCN1CCN(CC(=O)N2CCCCOC[C@@H](O)[C@@H](O)[C@H](OC)CN(C(C)=O)C[C@H]2CC(C)C)CC1. The van der Waals surface area contributed by atoms with E-state index < -0.39 is 18.3 Å². The first kappa shape index (κ1) is 32.9. The molecule has 2 heterocycles. The Hall–Kier alpha value is -1.34. The Morgan fingerprint density at radius 3 is 2.29 bits per heavy atom. The van der Waals surface area contributed by atoms with Crippen LogP contribution in [0, 0.1) is 5.92 Å². The molecule has 11 heteroatoms. The second kappa shape index (κ2) is 17.4. The predicted molar refractivity (Wildman–Crippen MR) is 145 cm³/mol. The Kier molecular flexibility index (Phi) is 15.0. The number of piperazine rings is 1. The van der Waals surface area contributed by atoms with Crippen LogP contribution in [-0.2, 0) is 23.8 Å². The number of methoxy groups -OCH3 is 2. The molecule has 4 atom stereocenters. The van der Waals surface area contributed by atoms with Crippen molar-refractivity contribution >= 4 is 11.8 Å². The van der Waals surface area contributed by atoms with Crippen molar-refractivity contribution < 1.29 is 34.0 Å². The van der Waals surface area contributed by atoms with Crippen LogP contribution in [0.25, 0.3) is 0 Å². The Morgan fingerprint density at radius 2 is 1.68 bits per heavy atom. The highest BCUT2D eigenvalue weighted by molar-refractivity contribution is 5.79. The number of ether oxygens (including phenoxy) is 3. The van der Waals surface area contributed by atoms with Gasteiger partial charge >= 0.3 is 0 Å². The van der Waals surface area contributed by atoms with E-state index in [2.05, 4.69) is 23.6 Å². The maximum absolute atomic E-state index is 13.8. The summed E-state index contributed by atoms with van der Waals surface area (Å²) in [6.45, 7) is 12.7. The van der Waals surface area contributed by atoms with E-state index >= 15 is 0 Å². The molecule has 2 aliphatic heterocycles. The van der Waals surface area contributed by atoms with Crippen LogP contribution in [0.3, 0.4) is 0 Å². The van der Waals surface area contributed by atoms with Crippen LogP contribution in [0.2, 0.25) is 0 Å². The van der Waals surface area contributed by atoms with Gasteiger partial charge in [0.25, 0.3) is 0 Å². The lowest BCUT2D eigenvalue weighted by Gasteiger charge is -2.40. The molecule has 38 heavy (non-hydrogen) atoms. The second-order valence-electron chi connectivity index (χ2n) is 11.0. The van der Waals surface area contributed by atoms with Gasteiger partial charge in [-0.15, -0.1) is 0 Å². The normalized spacial score (nSPS) is 27.9. The van der Waals surface area contributed by atoms with E-state index in [0.717, 1.165) is 52.0 Å². The van der Waals surface area contributed by atoms with Gasteiger partial charge in [0.15, 0.2) is 0 Å². The van der Waals surface area contributed by atoms with E-state index in [4.69, 9.17) is 14.2 Å². The van der Waals surface area contributed by atoms with Crippen molar-refractivity contribution in [2.75, 3.05) is 92.9 Å². The molecular formula is C27H52N4O7. The fourth-order valence-corrected chi connectivity index (χ4v) is 5.19. The van der Waals surface area contributed by atoms with Gasteiger partial charge in [-0.1, -0.05) is 13.8 Å². The quantitative estimate of drug-likeness (QED) is 0.432. The molecule has 0 radical (unpaired) electrons. The smallest absolute Gasteiger partial charge is 0.237 e. The summed E-state index contributed by atoms with van der Waals surface area (Å²) >= 11 is 0. The minimum atomic E-state index is -1.20. The van der Waals surface area contributed by atoms with Crippen molar-refractivity contribution in [3.05, 3.63) is 0 Å². The highest BCUT2D eigenvalue weighted by Gasteiger charge is 2.33. The molecule has 2 saturated heterocycles. The fourth-order valence-electron chi connectivity index (χ4n) is 5.19. The third-order valence-corrected chi connectivity index (χ3v) is 7.52. The number of carbonyl (C=O) groups excluding carboxylic acids is 2. The third-order valence-electron chi connectivity index (χ3n) is 7.52. The first-order valence-corrected chi connectivity index (χ1v) is 14.1. The zero-order valence-corrected chi connectivity index (χ0v) is 24.2. The van der Waals surface area contributed by atoms with E-state index in [0.29, 0.717) is 38.8 Å². The summed E-state index contributed by atoms with van der Waals surface area (Å²) in [5, 5.41) is 21.1. The van der Waals surface area contributed by atoms with Crippen LogP contribution >= 0.6 is 0 Å². The molecule has 222 valence electrons. The highest BCUT2D eigenvalue weighted by Crippen LogP contribution is 2.18. The first-order chi connectivity index (χ1) is 18.2. The van der Waals surface area contributed by atoms with Crippen molar-refractivity contribution in [1.82, 2.24) is 19.6 Å². The van der Waals surface area contributed by atoms with Crippen LogP contribution in [0.15, 0.2) is 0 Å². The van der Waals surface area contributed by atoms with E-state index in [1.165, 1.54) is 14.0 Å². The summed E-state index contributed by atoms with van der Waals surface area (Å²) in [7, 11) is 3.17. The van der Waals surface area contributed by atoms with Crippen LogP contribution in [-0.4, -0.2) is 159 Å². The van der Waals surface area contributed by atoms with Crippen LogP contribution in [0.5, 0.6) is 0 Å². The maximum atomic E-state index is 13.8. The van der Waals surface area contributed by atoms with Crippen molar-refractivity contribution in [3.63, 3.8) is 0 Å². The number of amides is 2. The molecule has 11 nitrogen and oxygen atoms in total. The van der Waals surface area contributed by atoms with Crippen LogP contribution < -0.4 is 0 Å². The zero-order chi connectivity index (χ0) is 28.1. The Bertz CT molecular complexity index is 690. The zero-order valence-electron chi connectivity index (χ0n) is 24.2. The minimum absolute atomic E-state index is 0.0178. The number of aliphatic hydroxyl groups excluding tert-OH is 2. The minimum Gasteiger partial charge on any atom is -0.388 e. The number of nitrogens with zero attached hydrogens (tertiary/aromatic N) is 4. The molecule has 0 unspecified atom stereocenters. The summed E-state index contributed by atoms with van der Waals surface area (Å²) in [5.74, 6) is 0.239. The van der Waals surface area contributed by atoms with Crippen molar-refractivity contribution in [3.8, 4) is 0 Å². The maximum Gasteiger partial charge on any atom is 0.237 e. The largest absolute Gasteiger partial charge is 0.388 e. The number of carbonyl (C=O) groups is 2. The van der Waals surface area contributed by atoms with Crippen molar-refractivity contribution in [2.24, 2.45) is 5.92 Å². The predicted octanol–water partition coefficient (Wildman–Crippen LogP) is -0.111. The average molecular weight is 545 g/mol. The van der Waals surface area contributed by atoms with E-state index in [1.54, 1.807) is 12.0 Å². The van der Waals surface area contributed by atoms with Gasteiger partial charge < -0.3 is 34.2 Å². The molecule has 0 aliphatic carbocycles. The van der Waals surface area contributed by atoms with Gasteiger partial charge in [0.05, 0.1) is 19.8 Å². The molecule has 2 amide bonds. The first-order valence-electron chi connectivity index (χ1n) is 14.1. The van der Waals surface area contributed by atoms with Crippen molar-refractivity contribution in [1.29, 1.82) is 0 Å². The monoisotopic (exact) mass is 544 g/mol. The average Bonchev–Trinajstić information content (AvgIpc) is 2.88. The molecule has 0 saturated carbocycles. The summed E-state index contributed by atoms with van der Waals surface area (Å²) in [6, 6.07) is -0.169. The van der Waals surface area contributed by atoms with Gasteiger partial charge in [0.2, 0.25) is 11.8 Å². The van der Waals surface area contributed by atoms with E-state index in [9.17, 15) is 19.8 Å². The molecule has 2 N–H and O–H groups in total. The molecule has 0 aromatic carbocycles. The van der Waals surface area contributed by atoms with Gasteiger partial charge in [-0.05, 0) is 25.2 Å². The lowest BCUT2D eigenvalue weighted by atomic mass is 10.00. The van der Waals surface area contributed by atoms with Gasteiger partial charge in [0, 0.05) is 86.2 Å². The van der Waals surface area contributed by atoms with E-state index in [1.807, 2.05) is 4.90 Å². The Balaban J connectivity index is 2.20. The standard InChI is InChI=1S/C27H52N4O7/c1-21(2)16-23-17-30(22(3)32)18-25(37-5)27(35)24(33)20-38-14-7-6-8-31(23)26(34)19-29-11-9-28(10-12-29)13-15-36-4/h21,23-25,27,33,35H,6-20H2,1-5H3/t23-,24-,25-,27-/m1/s1. The third kappa shape index (κ3) is 11.0. The number of rotatable bonds is 8. The highest BCUT2D eigenvalue weighted by atomic mass is 16.5. The molecule has 0 bridgehead atoms. The van der Waals surface area contributed by atoms with Gasteiger partial charge in [-0.3, -0.25) is 19.4 Å². The molecule has 2 aliphatic rings. The second-order valence-corrected chi connectivity index (χ2v) is 11.0. The number of hydrogen-bond acceptors (Lipinski definition) is 9. The molecule has 0 spiro atoms. The summed E-state index contributed by atoms with van der Waals surface area (Å²) < 4.78 is 16.3. The summed E-state index contributed by atoms with van der Waals surface area (Å²) in [4.78, 5) is 34.6. The molecule has 2 fully saturated rings. The molecule has 0 aromatic heterocycles. The van der Waals surface area contributed by atoms with E-state index in [-0.39, 0.29) is 31.0 Å². The lowest BCUT2D eigenvalue weighted by molar-refractivity contribution is -0.143. The lowest BCUT2D eigenvalue weighted by Crippen LogP contribution is -2.55.